The number of aliphatic hydroxyl groups excluding tert-OH is 1. The summed E-state index contributed by atoms with van der Waals surface area (Å²) in [7, 11) is 0. The summed E-state index contributed by atoms with van der Waals surface area (Å²) in [6, 6.07) is 7.99. The molecule has 1 aromatic rings. The SMILES string of the molecule is CCCCCCCC(O)CCCCCCCCCC(=O)NCc1ccccc1CN. The number of benzene rings is 1. The molecule has 0 aliphatic rings. The molecule has 0 aliphatic carbocycles. The molecule has 30 heavy (non-hydrogen) atoms. The van der Waals surface area contributed by atoms with Crippen molar-refractivity contribution < 1.29 is 9.90 Å². The van der Waals surface area contributed by atoms with Gasteiger partial charge in [-0.05, 0) is 30.4 Å². The summed E-state index contributed by atoms with van der Waals surface area (Å²) in [6.45, 7) is 3.30. The van der Waals surface area contributed by atoms with Gasteiger partial charge in [-0.2, -0.15) is 0 Å². The molecule has 0 heterocycles. The monoisotopic (exact) mass is 418 g/mol. The molecule has 0 saturated carbocycles. The van der Waals surface area contributed by atoms with Crippen LogP contribution in [0.15, 0.2) is 24.3 Å². The first-order valence-corrected chi connectivity index (χ1v) is 12.4. The molecule has 172 valence electrons. The standard InChI is InChI=1S/C26H46N2O2/c1-2-3-4-8-11-18-25(29)19-12-9-6-5-7-10-13-20-26(30)28-22-24-17-15-14-16-23(24)21-27/h14-17,25,29H,2-13,18-22,27H2,1H3,(H,28,30). The van der Waals surface area contributed by atoms with E-state index in [2.05, 4.69) is 12.2 Å². The molecular weight excluding hydrogens is 372 g/mol. The van der Waals surface area contributed by atoms with Crippen molar-refractivity contribution in [2.24, 2.45) is 5.73 Å². The summed E-state index contributed by atoms with van der Waals surface area (Å²) >= 11 is 0. The average molecular weight is 419 g/mol. The Balaban J connectivity index is 1.90. The third-order valence-corrected chi connectivity index (χ3v) is 5.90. The maximum Gasteiger partial charge on any atom is 0.220 e. The number of carbonyl (C=O) groups is 1. The Kier molecular flexibility index (Phi) is 16.3. The van der Waals surface area contributed by atoms with Gasteiger partial charge in [-0.3, -0.25) is 4.79 Å². The normalized spacial score (nSPS) is 12.1. The Hall–Kier alpha value is -1.39. The maximum atomic E-state index is 12.0. The van der Waals surface area contributed by atoms with Crippen LogP contribution in [-0.4, -0.2) is 17.1 Å². The van der Waals surface area contributed by atoms with Crippen LogP contribution in [0.3, 0.4) is 0 Å². The molecular formula is C26H46N2O2. The van der Waals surface area contributed by atoms with E-state index in [0.29, 0.717) is 19.5 Å². The number of nitrogens with one attached hydrogen (secondary N) is 1. The van der Waals surface area contributed by atoms with Crippen molar-refractivity contribution in [1.82, 2.24) is 5.32 Å². The van der Waals surface area contributed by atoms with E-state index in [4.69, 9.17) is 5.73 Å². The number of hydrogen-bond donors (Lipinski definition) is 3. The van der Waals surface area contributed by atoms with Gasteiger partial charge in [-0.15, -0.1) is 0 Å². The summed E-state index contributed by atoms with van der Waals surface area (Å²) in [6.07, 6.45) is 16.9. The van der Waals surface area contributed by atoms with E-state index in [0.717, 1.165) is 43.2 Å². The molecule has 0 bridgehead atoms. The molecule has 1 atom stereocenters. The van der Waals surface area contributed by atoms with Crippen LogP contribution >= 0.6 is 0 Å². The van der Waals surface area contributed by atoms with Gasteiger partial charge in [-0.1, -0.05) is 102 Å². The highest BCUT2D eigenvalue weighted by Crippen LogP contribution is 2.14. The van der Waals surface area contributed by atoms with Crippen LogP contribution in [-0.2, 0) is 17.9 Å². The number of aliphatic hydroxyl groups is 1. The number of nitrogens with two attached hydrogens (primary N) is 1. The smallest absolute Gasteiger partial charge is 0.220 e. The van der Waals surface area contributed by atoms with E-state index in [1.54, 1.807) is 0 Å². The molecule has 0 aromatic heterocycles. The number of carbonyl (C=O) groups excluding carboxylic acids is 1. The number of amides is 1. The summed E-state index contributed by atoms with van der Waals surface area (Å²) in [5.41, 5.74) is 7.94. The van der Waals surface area contributed by atoms with Crippen molar-refractivity contribution >= 4 is 5.91 Å². The Labute approximate surface area is 185 Å². The molecule has 1 rings (SSSR count). The third-order valence-electron chi connectivity index (χ3n) is 5.90. The zero-order chi connectivity index (χ0) is 21.9. The van der Waals surface area contributed by atoms with Gasteiger partial charge < -0.3 is 16.2 Å². The summed E-state index contributed by atoms with van der Waals surface area (Å²) in [5, 5.41) is 13.0. The van der Waals surface area contributed by atoms with Crippen LogP contribution in [0.1, 0.15) is 114 Å². The van der Waals surface area contributed by atoms with E-state index in [-0.39, 0.29) is 12.0 Å². The minimum absolute atomic E-state index is 0.0954. The van der Waals surface area contributed by atoms with Gasteiger partial charge >= 0.3 is 0 Å². The fourth-order valence-electron chi connectivity index (χ4n) is 3.89. The number of unbranched alkanes of at least 4 members (excludes halogenated alkanes) is 10. The van der Waals surface area contributed by atoms with Gasteiger partial charge in [0.2, 0.25) is 5.91 Å². The van der Waals surface area contributed by atoms with Crippen molar-refractivity contribution in [1.29, 1.82) is 0 Å². The lowest BCUT2D eigenvalue weighted by atomic mass is 10.0. The highest BCUT2D eigenvalue weighted by molar-refractivity contribution is 5.75. The van der Waals surface area contributed by atoms with Gasteiger partial charge in [0.15, 0.2) is 0 Å². The van der Waals surface area contributed by atoms with Crippen molar-refractivity contribution in [2.45, 2.75) is 122 Å². The lowest BCUT2D eigenvalue weighted by Crippen LogP contribution is -2.23. The first kappa shape index (κ1) is 26.6. The lowest BCUT2D eigenvalue weighted by molar-refractivity contribution is -0.121. The number of rotatable bonds is 19. The van der Waals surface area contributed by atoms with Gasteiger partial charge in [0.1, 0.15) is 0 Å². The highest BCUT2D eigenvalue weighted by atomic mass is 16.3. The molecule has 0 spiro atoms. The van der Waals surface area contributed by atoms with E-state index in [1.165, 1.54) is 57.8 Å². The fraction of sp³-hybridized carbons (Fsp3) is 0.731. The number of hydrogen-bond acceptors (Lipinski definition) is 3. The molecule has 1 aromatic carbocycles. The Morgan fingerprint density at radius 1 is 0.867 bits per heavy atom. The molecule has 0 aliphatic heterocycles. The molecule has 1 unspecified atom stereocenters. The molecule has 0 fully saturated rings. The van der Waals surface area contributed by atoms with Crippen LogP contribution in [0.5, 0.6) is 0 Å². The highest BCUT2D eigenvalue weighted by Gasteiger charge is 2.05. The molecule has 0 radical (unpaired) electrons. The largest absolute Gasteiger partial charge is 0.393 e. The first-order chi connectivity index (χ1) is 14.7. The predicted molar refractivity (Wildman–Crippen MR) is 127 cm³/mol. The van der Waals surface area contributed by atoms with E-state index < -0.39 is 0 Å². The topological polar surface area (TPSA) is 75.3 Å². The van der Waals surface area contributed by atoms with Gasteiger partial charge in [0.05, 0.1) is 6.10 Å². The maximum absolute atomic E-state index is 12.0. The third kappa shape index (κ3) is 13.8. The van der Waals surface area contributed by atoms with Crippen LogP contribution < -0.4 is 11.1 Å². The Bertz CT molecular complexity index is 548. The molecule has 4 nitrogen and oxygen atoms in total. The van der Waals surface area contributed by atoms with Crippen LogP contribution in [0.25, 0.3) is 0 Å². The zero-order valence-electron chi connectivity index (χ0n) is 19.3. The van der Waals surface area contributed by atoms with Crippen LogP contribution in [0.2, 0.25) is 0 Å². The zero-order valence-corrected chi connectivity index (χ0v) is 19.3. The van der Waals surface area contributed by atoms with Crippen molar-refractivity contribution in [3.63, 3.8) is 0 Å². The van der Waals surface area contributed by atoms with E-state index in [9.17, 15) is 9.90 Å². The summed E-state index contributed by atoms with van der Waals surface area (Å²) in [5.74, 6) is 0.130. The van der Waals surface area contributed by atoms with Crippen LogP contribution in [0, 0.1) is 0 Å². The average Bonchev–Trinajstić information content (AvgIpc) is 2.76. The summed E-state index contributed by atoms with van der Waals surface area (Å²) in [4.78, 5) is 12.0. The van der Waals surface area contributed by atoms with Crippen molar-refractivity contribution in [2.75, 3.05) is 0 Å². The van der Waals surface area contributed by atoms with Crippen molar-refractivity contribution in [3.05, 3.63) is 35.4 Å². The van der Waals surface area contributed by atoms with Gasteiger partial charge in [0, 0.05) is 19.5 Å². The Morgan fingerprint density at radius 2 is 1.40 bits per heavy atom. The van der Waals surface area contributed by atoms with Gasteiger partial charge in [-0.25, -0.2) is 0 Å². The quantitative estimate of drug-likeness (QED) is 0.241. The first-order valence-electron chi connectivity index (χ1n) is 12.4. The van der Waals surface area contributed by atoms with Crippen LogP contribution in [0.4, 0.5) is 0 Å². The Morgan fingerprint density at radius 3 is 2.00 bits per heavy atom. The second-order valence-electron chi connectivity index (χ2n) is 8.62. The summed E-state index contributed by atoms with van der Waals surface area (Å²) < 4.78 is 0. The lowest BCUT2D eigenvalue weighted by Gasteiger charge is -2.10. The molecule has 0 saturated heterocycles. The minimum atomic E-state index is -0.0954. The van der Waals surface area contributed by atoms with E-state index in [1.807, 2.05) is 24.3 Å². The van der Waals surface area contributed by atoms with Gasteiger partial charge in [0.25, 0.3) is 0 Å². The second-order valence-corrected chi connectivity index (χ2v) is 8.62. The molecule has 4 N–H and O–H groups in total. The predicted octanol–water partition coefficient (Wildman–Crippen LogP) is 5.99. The molecule has 4 heteroatoms. The van der Waals surface area contributed by atoms with Crippen molar-refractivity contribution in [3.8, 4) is 0 Å². The second kappa shape index (κ2) is 18.4. The van der Waals surface area contributed by atoms with E-state index >= 15 is 0 Å². The molecule has 1 amide bonds. The fourth-order valence-corrected chi connectivity index (χ4v) is 3.89. The minimum Gasteiger partial charge on any atom is -0.393 e.